The quantitative estimate of drug-likeness (QED) is 0.653. The van der Waals surface area contributed by atoms with Crippen molar-refractivity contribution in [2.45, 2.75) is 46.6 Å². The number of fused-ring (bicyclic) bond motifs is 1. The van der Waals surface area contributed by atoms with Crippen molar-refractivity contribution >= 4 is 28.6 Å². The van der Waals surface area contributed by atoms with Crippen LogP contribution < -0.4 is 11.5 Å². The highest BCUT2D eigenvalue weighted by molar-refractivity contribution is 6.10. The van der Waals surface area contributed by atoms with Gasteiger partial charge in [-0.15, -0.1) is 0 Å². The molecule has 2 aromatic heterocycles. The number of aliphatic hydroxyl groups is 2. The van der Waals surface area contributed by atoms with Crippen molar-refractivity contribution in [2.24, 2.45) is 11.7 Å². The summed E-state index contributed by atoms with van der Waals surface area (Å²) in [6.07, 6.45) is 2.38. The molecule has 144 valence electrons. The zero-order chi connectivity index (χ0) is 20.3. The zero-order valence-electron chi connectivity index (χ0n) is 16.2. The normalized spacial score (nSPS) is 18.1. The Kier molecular flexibility index (Phi) is 4.26. The van der Waals surface area contributed by atoms with E-state index in [0.29, 0.717) is 29.0 Å². The lowest BCUT2D eigenvalue weighted by atomic mass is 9.93. The van der Waals surface area contributed by atoms with E-state index in [9.17, 15) is 15.0 Å². The summed E-state index contributed by atoms with van der Waals surface area (Å²) in [4.78, 5) is 21.2. The lowest BCUT2D eigenvalue weighted by molar-refractivity contribution is 0.0729. The molecule has 3 rings (SSSR count). The van der Waals surface area contributed by atoms with E-state index in [1.807, 2.05) is 6.92 Å². The van der Waals surface area contributed by atoms with Gasteiger partial charge in [-0.05, 0) is 40.2 Å². The molecule has 1 atom stereocenters. The molecule has 0 radical (unpaired) electrons. The summed E-state index contributed by atoms with van der Waals surface area (Å²) in [6, 6.07) is 0. The fourth-order valence-electron chi connectivity index (χ4n) is 3.69. The standard InChI is InChI=1S/C19H25N5O3/c1-8-6-7-11(25)9(2)14(8)24-16(20)12(17(21)26)13-18(24)22-10(3)15(23-13)19(4,5)27/h7-8,25,27H,6,20H2,1-5H3,(H2,21,26). The molecule has 0 bridgehead atoms. The van der Waals surface area contributed by atoms with Gasteiger partial charge in [0, 0.05) is 17.2 Å². The third-order valence-corrected chi connectivity index (χ3v) is 4.96. The predicted molar refractivity (Wildman–Crippen MR) is 104 cm³/mol. The molecule has 2 aromatic rings. The fourth-order valence-corrected chi connectivity index (χ4v) is 3.69. The van der Waals surface area contributed by atoms with E-state index < -0.39 is 11.5 Å². The van der Waals surface area contributed by atoms with Gasteiger partial charge in [0.1, 0.15) is 28.3 Å². The Hall–Kier alpha value is -2.87. The Balaban J connectivity index is 2.47. The first-order valence-corrected chi connectivity index (χ1v) is 8.77. The summed E-state index contributed by atoms with van der Waals surface area (Å²) in [7, 11) is 0. The predicted octanol–water partition coefficient (Wildman–Crippen LogP) is 2.36. The number of carbonyl (C=O) groups is 1. The van der Waals surface area contributed by atoms with Gasteiger partial charge in [-0.25, -0.2) is 9.97 Å². The molecular formula is C19H25N5O3. The molecule has 0 saturated heterocycles. The highest BCUT2D eigenvalue weighted by Gasteiger charge is 2.31. The van der Waals surface area contributed by atoms with Crippen LogP contribution in [0.25, 0.3) is 16.9 Å². The number of carbonyl (C=O) groups excluding carboxylic acids is 1. The van der Waals surface area contributed by atoms with Gasteiger partial charge in [-0.2, -0.15) is 0 Å². The van der Waals surface area contributed by atoms with Gasteiger partial charge in [0.05, 0.1) is 11.4 Å². The second-order valence-corrected chi connectivity index (χ2v) is 7.59. The molecule has 0 aromatic carbocycles. The third-order valence-electron chi connectivity index (χ3n) is 4.96. The van der Waals surface area contributed by atoms with Crippen molar-refractivity contribution in [3.8, 4) is 0 Å². The Bertz CT molecular complexity index is 1020. The molecule has 27 heavy (non-hydrogen) atoms. The number of aromatic nitrogens is 3. The molecule has 2 heterocycles. The molecule has 0 saturated carbocycles. The number of nitrogens with two attached hydrogens (primary N) is 2. The number of allylic oxidation sites excluding steroid dienone is 3. The maximum atomic E-state index is 12.1. The Morgan fingerprint density at radius 1 is 1.33 bits per heavy atom. The molecule has 8 heteroatoms. The first-order chi connectivity index (χ1) is 12.4. The molecule has 1 aliphatic carbocycles. The van der Waals surface area contributed by atoms with Crippen LogP contribution in [-0.4, -0.2) is 30.7 Å². The first kappa shape index (κ1) is 18.9. The number of amides is 1. The molecule has 1 amide bonds. The molecule has 1 aliphatic rings. The molecule has 0 fully saturated rings. The lowest BCUT2D eigenvalue weighted by Gasteiger charge is -2.25. The number of nitrogens with zero attached hydrogens (tertiary/aromatic N) is 3. The number of primary amides is 1. The number of hydrogen-bond acceptors (Lipinski definition) is 6. The van der Waals surface area contributed by atoms with E-state index in [0.717, 1.165) is 5.70 Å². The van der Waals surface area contributed by atoms with Gasteiger partial charge in [0.15, 0.2) is 5.65 Å². The highest BCUT2D eigenvalue weighted by Crippen LogP contribution is 2.39. The smallest absolute Gasteiger partial charge is 0.254 e. The average molecular weight is 371 g/mol. The number of aliphatic hydroxyl groups excluding tert-OH is 1. The minimum Gasteiger partial charge on any atom is -0.508 e. The van der Waals surface area contributed by atoms with Crippen LogP contribution in [0, 0.1) is 12.8 Å². The van der Waals surface area contributed by atoms with Crippen molar-refractivity contribution in [1.82, 2.24) is 14.5 Å². The SMILES string of the molecule is CC1=C(n2c(N)c(C(N)=O)c3nc(C(C)(C)O)c(C)nc32)C(C)CC=C1O. The maximum Gasteiger partial charge on any atom is 0.254 e. The van der Waals surface area contributed by atoms with E-state index in [-0.39, 0.29) is 28.6 Å². The van der Waals surface area contributed by atoms with Crippen LogP contribution in [-0.2, 0) is 5.60 Å². The first-order valence-electron chi connectivity index (χ1n) is 8.77. The van der Waals surface area contributed by atoms with Gasteiger partial charge in [0.2, 0.25) is 0 Å². The van der Waals surface area contributed by atoms with Crippen molar-refractivity contribution in [1.29, 1.82) is 0 Å². The molecule has 8 nitrogen and oxygen atoms in total. The van der Waals surface area contributed by atoms with Gasteiger partial charge >= 0.3 is 0 Å². The Morgan fingerprint density at radius 2 is 1.96 bits per heavy atom. The fraction of sp³-hybridized carbons (Fsp3) is 0.421. The summed E-state index contributed by atoms with van der Waals surface area (Å²) in [5.41, 5.74) is 13.6. The van der Waals surface area contributed by atoms with Crippen LogP contribution in [0.3, 0.4) is 0 Å². The van der Waals surface area contributed by atoms with Crippen LogP contribution in [0.1, 0.15) is 55.9 Å². The van der Waals surface area contributed by atoms with Crippen LogP contribution in [0.5, 0.6) is 0 Å². The summed E-state index contributed by atoms with van der Waals surface area (Å²) in [5.74, 6) is -0.392. The van der Waals surface area contributed by atoms with E-state index in [4.69, 9.17) is 11.5 Å². The van der Waals surface area contributed by atoms with E-state index >= 15 is 0 Å². The summed E-state index contributed by atoms with van der Waals surface area (Å²) in [6.45, 7) is 8.72. The van der Waals surface area contributed by atoms with Gasteiger partial charge < -0.3 is 21.7 Å². The van der Waals surface area contributed by atoms with Crippen molar-refractivity contribution in [3.63, 3.8) is 0 Å². The minimum atomic E-state index is -1.24. The second-order valence-electron chi connectivity index (χ2n) is 7.59. The van der Waals surface area contributed by atoms with Crippen LogP contribution in [0.15, 0.2) is 17.4 Å². The monoisotopic (exact) mass is 371 g/mol. The number of rotatable bonds is 3. The van der Waals surface area contributed by atoms with E-state index in [1.165, 1.54) is 0 Å². The van der Waals surface area contributed by atoms with Crippen molar-refractivity contribution < 1.29 is 15.0 Å². The summed E-state index contributed by atoms with van der Waals surface area (Å²) in [5, 5.41) is 20.6. The Morgan fingerprint density at radius 3 is 2.52 bits per heavy atom. The van der Waals surface area contributed by atoms with Crippen LogP contribution >= 0.6 is 0 Å². The molecule has 0 spiro atoms. The third kappa shape index (κ3) is 2.86. The second kappa shape index (κ2) is 6.09. The van der Waals surface area contributed by atoms with Gasteiger partial charge in [0.25, 0.3) is 5.91 Å². The zero-order valence-corrected chi connectivity index (χ0v) is 16.2. The maximum absolute atomic E-state index is 12.1. The Labute approximate surface area is 157 Å². The number of aryl methyl sites for hydroxylation is 1. The molecule has 1 unspecified atom stereocenters. The number of anilines is 1. The molecular weight excluding hydrogens is 346 g/mol. The van der Waals surface area contributed by atoms with Crippen LogP contribution in [0.4, 0.5) is 5.82 Å². The number of hydrogen-bond donors (Lipinski definition) is 4. The van der Waals surface area contributed by atoms with Gasteiger partial charge in [-0.1, -0.05) is 6.92 Å². The van der Waals surface area contributed by atoms with Crippen LogP contribution in [0.2, 0.25) is 0 Å². The average Bonchev–Trinajstić information content (AvgIpc) is 2.82. The molecule has 6 N–H and O–H groups in total. The lowest BCUT2D eigenvalue weighted by Crippen LogP contribution is -2.21. The van der Waals surface area contributed by atoms with Gasteiger partial charge in [-0.3, -0.25) is 9.36 Å². The number of nitrogen functional groups attached to an aromatic ring is 1. The van der Waals surface area contributed by atoms with E-state index in [1.54, 1.807) is 38.3 Å². The summed E-state index contributed by atoms with van der Waals surface area (Å²) < 4.78 is 1.65. The van der Waals surface area contributed by atoms with Crippen molar-refractivity contribution in [3.05, 3.63) is 34.4 Å². The largest absolute Gasteiger partial charge is 0.508 e. The highest BCUT2D eigenvalue weighted by atomic mass is 16.3. The van der Waals surface area contributed by atoms with E-state index in [2.05, 4.69) is 9.97 Å². The van der Waals surface area contributed by atoms with Crippen molar-refractivity contribution in [2.75, 3.05) is 5.73 Å². The molecule has 0 aliphatic heterocycles. The topological polar surface area (TPSA) is 140 Å². The minimum absolute atomic E-state index is 0.0376. The summed E-state index contributed by atoms with van der Waals surface area (Å²) >= 11 is 0.